The lowest BCUT2D eigenvalue weighted by Crippen LogP contribution is -1.94. The highest BCUT2D eigenvalue weighted by molar-refractivity contribution is 5.92. The molecular formula is C11H7N3O3. The second-order valence-electron chi connectivity index (χ2n) is 3.48. The van der Waals surface area contributed by atoms with Crippen molar-refractivity contribution in [3.63, 3.8) is 0 Å². The van der Waals surface area contributed by atoms with Gasteiger partial charge in [0.05, 0.1) is 5.56 Å². The molecule has 0 spiro atoms. The van der Waals surface area contributed by atoms with E-state index < -0.39 is 5.97 Å². The van der Waals surface area contributed by atoms with Gasteiger partial charge in [-0.25, -0.2) is 9.78 Å². The van der Waals surface area contributed by atoms with E-state index in [4.69, 9.17) is 9.52 Å². The van der Waals surface area contributed by atoms with Crippen LogP contribution >= 0.6 is 0 Å². The summed E-state index contributed by atoms with van der Waals surface area (Å²) in [6.07, 6.45) is 1.59. The molecule has 2 aromatic heterocycles. The van der Waals surface area contributed by atoms with Crippen LogP contribution in [0.25, 0.3) is 22.7 Å². The summed E-state index contributed by atoms with van der Waals surface area (Å²) in [4.78, 5) is 15.0. The molecule has 0 amide bonds. The number of nitrogens with one attached hydrogen (secondary N) is 1. The number of carboxylic acid groups (broad SMARTS) is 1. The van der Waals surface area contributed by atoms with Crippen molar-refractivity contribution in [1.82, 2.24) is 15.2 Å². The van der Waals surface area contributed by atoms with Crippen molar-refractivity contribution in [2.24, 2.45) is 0 Å². The van der Waals surface area contributed by atoms with Crippen molar-refractivity contribution in [2.45, 2.75) is 0 Å². The minimum atomic E-state index is -0.988. The number of benzene rings is 1. The first-order chi connectivity index (χ1) is 8.24. The maximum Gasteiger partial charge on any atom is 0.335 e. The van der Waals surface area contributed by atoms with Crippen LogP contribution in [0.2, 0.25) is 0 Å². The topological polar surface area (TPSA) is 92.0 Å². The third-order valence-corrected chi connectivity index (χ3v) is 2.37. The third kappa shape index (κ3) is 1.55. The first-order valence-electron chi connectivity index (χ1n) is 4.88. The van der Waals surface area contributed by atoms with E-state index in [0.29, 0.717) is 22.7 Å². The zero-order valence-corrected chi connectivity index (χ0v) is 8.54. The Hall–Kier alpha value is -2.63. The maximum absolute atomic E-state index is 10.8. The number of carbonyl (C=O) groups is 1. The van der Waals surface area contributed by atoms with Crippen LogP contribution in [-0.4, -0.2) is 26.3 Å². The average Bonchev–Trinajstić information content (AvgIpc) is 2.96. The number of rotatable bonds is 2. The van der Waals surface area contributed by atoms with Crippen molar-refractivity contribution in [3.05, 3.63) is 36.0 Å². The van der Waals surface area contributed by atoms with Gasteiger partial charge in [0, 0.05) is 6.20 Å². The normalized spacial score (nSPS) is 10.8. The fourth-order valence-electron chi connectivity index (χ4n) is 1.55. The molecular weight excluding hydrogens is 222 g/mol. The number of aromatic carboxylic acids is 1. The lowest BCUT2D eigenvalue weighted by Gasteiger charge is -1.91. The van der Waals surface area contributed by atoms with Crippen molar-refractivity contribution in [2.75, 3.05) is 0 Å². The quantitative estimate of drug-likeness (QED) is 0.700. The van der Waals surface area contributed by atoms with Crippen LogP contribution < -0.4 is 0 Å². The average molecular weight is 229 g/mol. The Bertz CT molecular complexity index is 685. The van der Waals surface area contributed by atoms with Crippen LogP contribution in [0.4, 0.5) is 0 Å². The Balaban J connectivity index is 2.16. The summed E-state index contributed by atoms with van der Waals surface area (Å²) in [5, 5.41) is 15.4. The number of aromatic amines is 1. The lowest BCUT2D eigenvalue weighted by molar-refractivity contribution is 0.0697. The van der Waals surface area contributed by atoms with Crippen LogP contribution in [0.15, 0.2) is 34.9 Å². The molecule has 2 heterocycles. The minimum absolute atomic E-state index is 0.182. The molecule has 0 radical (unpaired) electrons. The Morgan fingerprint density at radius 1 is 1.35 bits per heavy atom. The largest absolute Gasteiger partial charge is 0.478 e. The van der Waals surface area contributed by atoms with Crippen LogP contribution in [0, 0.1) is 0 Å². The molecule has 0 fully saturated rings. The van der Waals surface area contributed by atoms with E-state index in [1.54, 1.807) is 18.3 Å². The fourth-order valence-corrected chi connectivity index (χ4v) is 1.55. The molecule has 6 heteroatoms. The van der Waals surface area contributed by atoms with Gasteiger partial charge in [-0.15, -0.1) is 0 Å². The van der Waals surface area contributed by atoms with Gasteiger partial charge in [0.15, 0.2) is 5.58 Å². The molecule has 3 rings (SSSR count). The summed E-state index contributed by atoms with van der Waals surface area (Å²) in [6, 6.07) is 6.27. The standard InChI is InChI=1S/C11H7N3O3/c15-11(16)6-1-2-9-8(5-6)13-10(17-9)7-3-4-12-14-7/h1-5H,(H,12,14)(H,15,16). The van der Waals surface area contributed by atoms with E-state index in [9.17, 15) is 4.79 Å². The van der Waals surface area contributed by atoms with Crippen molar-refractivity contribution in [3.8, 4) is 11.6 Å². The highest BCUT2D eigenvalue weighted by Gasteiger charge is 2.11. The van der Waals surface area contributed by atoms with E-state index in [1.165, 1.54) is 12.1 Å². The number of hydrogen-bond acceptors (Lipinski definition) is 4. The zero-order valence-electron chi connectivity index (χ0n) is 8.54. The summed E-state index contributed by atoms with van der Waals surface area (Å²) >= 11 is 0. The Morgan fingerprint density at radius 2 is 2.24 bits per heavy atom. The van der Waals surface area contributed by atoms with Gasteiger partial charge >= 0.3 is 5.97 Å². The number of fused-ring (bicyclic) bond motifs is 1. The third-order valence-electron chi connectivity index (χ3n) is 2.37. The first kappa shape index (κ1) is 9.59. The number of nitrogens with zero attached hydrogens (tertiary/aromatic N) is 2. The zero-order chi connectivity index (χ0) is 11.8. The van der Waals surface area contributed by atoms with E-state index in [1.807, 2.05) is 0 Å². The van der Waals surface area contributed by atoms with Crippen molar-refractivity contribution >= 4 is 17.1 Å². The van der Waals surface area contributed by atoms with Crippen molar-refractivity contribution in [1.29, 1.82) is 0 Å². The molecule has 2 N–H and O–H groups in total. The van der Waals surface area contributed by atoms with Gasteiger partial charge in [-0.1, -0.05) is 0 Å². The van der Waals surface area contributed by atoms with Gasteiger partial charge in [-0.3, -0.25) is 5.10 Å². The highest BCUT2D eigenvalue weighted by Crippen LogP contribution is 2.23. The van der Waals surface area contributed by atoms with E-state index in [0.717, 1.165) is 0 Å². The molecule has 17 heavy (non-hydrogen) atoms. The van der Waals surface area contributed by atoms with Crippen LogP contribution in [0.5, 0.6) is 0 Å². The number of aromatic nitrogens is 3. The fraction of sp³-hybridized carbons (Fsp3) is 0. The lowest BCUT2D eigenvalue weighted by atomic mass is 10.2. The summed E-state index contributed by atoms with van der Waals surface area (Å²) in [5.41, 5.74) is 1.88. The first-order valence-corrected chi connectivity index (χ1v) is 4.88. The molecule has 0 aliphatic carbocycles. The van der Waals surface area contributed by atoms with Crippen molar-refractivity contribution < 1.29 is 14.3 Å². The monoisotopic (exact) mass is 229 g/mol. The number of H-pyrrole nitrogens is 1. The molecule has 1 aromatic carbocycles. The van der Waals surface area contributed by atoms with Gasteiger partial charge in [0.2, 0.25) is 5.89 Å². The van der Waals surface area contributed by atoms with E-state index >= 15 is 0 Å². The Labute approximate surface area is 94.9 Å². The second-order valence-corrected chi connectivity index (χ2v) is 3.48. The molecule has 84 valence electrons. The SMILES string of the molecule is O=C(O)c1ccc2oc(-c3ccn[nH]3)nc2c1. The predicted octanol–water partition coefficient (Wildman–Crippen LogP) is 1.92. The maximum atomic E-state index is 10.8. The molecule has 6 nitrogen and oxygen atoms in total. The predicted molar refractivity (Wildman–Crippen MR) is 58.6 cm³/mol. The molecule has 0 saturated carbocycles. The van der Waals surface area contributed by atoms with Gasteiger partial charge in [-0.2, -0.15) is 5.10 Å². The highest BCUT2D eigenvalue weighted by atomic mass is 16.4. The second kappa shape index (κ2) is 3.44. The summed E-state index contributed by atoms with van der Waals surface area (Å²) in [6.45, 7) is 0. The number of oxazole rings is 1. The minimum Gasteiger partial charge on any atom is -0.478 e. The molecule has 0 atom stereocenters. The molecule has 0 aliphatic heterocycles. The molecule has 0 saturated heterocycles. The van der Waals surface area contributed by atoms with Crippen LogP contribution in [0.3, 0.4) is 0 Å². The Kier molecular flexibility index (Phi) is 1.94. The molecule has 3 aromatic rings. The van der Waals surface area contributed by atoms with E-state index in [2.05, 4.69) is 15.2 Å². The summed E-state index contributed by atoms with van der Waals surface area (Å²) in [7, 11) is 0. The summed E-state index contributed by atoms with van der Waals surface area (Å²) < 4.78 is 5.47. The van der Waals surface area contributed by atoms with Gasteiger partial charge in [-0.05, 0) is 24.3 Å². The van der Waals surface area contributed by atoms with E-state index in [-0.39, 0.29) is 5.56 Å². The van der Waals surface area contributed by atoms with Gasteiger partial charge in [0.1, 0.15) is 11.2 Å². The molecule has 0 unspecified atom stereocenters. The van der Waals surface area contributed by atoms with Gasteiger partial charge < -0.3 is 9.52 Å². The van der Waals surface area contributed by atoms with Crippen LogP contribution in [-0.2, 0) is 0 Å². The van der Waals surface area contributed by atoms with Gasteiger partial charge in [0.25, 0.3) is 0 Å². The molecule has 0 bridgehead atoms. The number of carboxylic acids is 1. The molecule has 0 aliphatic rings. The van der Waals surface area contributed by atoms with Crippen LogP contribution in [0.1, 0.15) is 10.4 Å². The smallest absolute Gasteiger partial charge is 0.335 e. The summed E-state index contributed by atoms with van der Waals surface area (Å²) in [5.74, 6) is -0.599. The Morgan fingerprint density at radius 3 is 2.94 bits per heavy atom. The number of hydrogen-bond donors (Lipinski definition) is 2.